The Labute approximate surface area is 423 Å². The Balaban J connectivity index is 4.30. The van der Waals surface area contributed by atoms with Gasteiger partial charge in [-0.05, 0) is 77.0 Å². The van der Waals surface area contributed by atoms with E-state index in [0.717, 1.165) is 70.6 Å². The molecule has 6 heteroatoms. The van der Waals surface area contributed by atoms with Crippen molar-refractivity contribution in [2.24, 2.45) is 0 Å². The fourth-order valence-electron chi connectivity index (χ4n) is 8.82. The zero-order valence-corrected chi connectivity index (χ0v) is 45.6. The second-order valence-electron chi connectivity index (χ2n) is 20.3. The zero-order valence-electron chi connectivity index (χ0n) is 45.6. The normalized spacial score (nSPS) is 12.2. The van der Waals surface area contributed by atoms with Gasteiger partial charge in [0, 0.05) is 19.3 Å². The lowest BCUT2D eigenvalue weighted by molar-refractivity contribution is -0.167. The second kappa shape index (κ2) is 57.2. The first-order valence-electron chi connectivity index (χ1n) is 30.0. The molecule has 0 amide bonds. The smallest absolute Gasteiger partial charge is 0.306 e. The molecule has 1 atom stereocenters. The lowest BCUT2D eigenvalue weighted by atomic mass is 10.0. The summed E-state index contributed by atoms with van der Waals surface area (Å²) < 4.78 is 16.9. The third-order valence-corrected chi connectivity index (χ3v) is 13.4. The summed E-state index contributed by atoms with van der Waals surface area (Å²) in [5, 5.41) is 0. The monoisotopic (exact) mass is 955 g/mol. The molecule has 0 aromatic heterocycles. The summed E-state index contributed by atoms with van der Waals surface area (Å²) in [4.78, 5) is 38.2. The number of rotatable bonds is 55. The van der Waals surface area contributed by atoms with Crippen molar-refractivity contribution in [1.29, 1.82) is 0 Å². The van der Waals surface area contributed by atoms with Crippen molar-refractivity contribution in [3.63, 3.8) is 0 Å². The van der Waals surface area contributed by atoms with Crippen molar-refractivity contribution in [2.75, 3.05) is 13.2 Å². The molecule has 6 nitrogen and oxygen atoms in total. The summed E-state index contributed by atoms with van der Waals surface area (Å²) in [6.07, 6.45) is 68.5. The average molecular weight is 956 g/mol. The average Bonchev–Trinajstić information content (AvgIpc) is 3.34. The Bertz CT molecular complexity index is 1140. The molecule has 0 aromatic rings. The molecule has 0 heterocycles. The standard InChI is InChI=1S/C62H114O6/c1-4-7-10-13-16-19-22-25-27-29-30-31-32-34-36-38-41-44-47-50-53-56-62(65)68-59(57-66-60(63)54-51-48-45-42-39-24-21-18-15-12-9-6-3)58-67-61(64)55-52-49-46-43-40-37-35-33-28-26-23-20-17-14-11-8-5-2/h17,20,25-28,59H,4-16,18-19,21-24,29-58H2,1-3H3/b20-17-,27-25-,28-26-/t59-/m0/s1. The van der Waals surface area contributed by atoms with Crippen LogP contribution in [-0.4, -0.2) is 37.2 Å². The number of carbonyl (C=O) groups excluding carboxylic acids is 3. The topological polar surface area (TPSA) is 78.9 Å². The molecule has 0 aliphatic carbocycles. The van der Waals surface area contributed by atoms with E-state index >= 15 is 0 Å². The van der Waals surface area contributed by atoms with E-state index in [0.29, 0.717) is 19.3 Å². The SMILES string of the molecule is CCCCC/C=C\C/C=C\CCCCCCCCCC(=O)OC[C@H](COC(=O)CCCCCCCCCCCCCC)OC(=O)CCCCCCCCCCCCC/C=C\CCCCCCCC. The summed E-state index contributed by atoms with van der Waals surface area (Å²) in [5.74, 6) is -0.862. The highest BCUT2D eigenvalue weighted by molar-refractivity contribution is 5.71. The maximum Gasteiger partial charge on any atom is 0.306 e. The van der Waals surface area contributed by atoms with Crippen LogP contribution in [0.4, 0.5) is 0 Å². The van der Waals surface area contributed by atoms with E-state index in [-0.39, 0.29) is 31.1 Å². The van der Waals surface area contributed by atoms with Crippen LogP contribution in [0, 0.1) is 0 Å². The third-order valence-electron chi connectivity index (χ3n) is 13.4. The van der Waals surface area contributed by atoms with Crippen LogP contribution >= 0.6 is 0 Å². The molecule has 0 unspecified atom stereocenters. The number of hydrogen-bond donors (Lipinski definition) is 0. The van der Waals surface area contributed by atoms with Gasteiger partial charge in [0.25, 0.3) is 0 Å². The molecule has 0 aromatic carbocycles. The van der Waals surface area contributed by atoms with Gasteiger partial charge in [-0.1, -0.05) is 263 Å². The fraction of sp³-hybridized carbons (Fsp3) is 0.855. The molecule has 0 rings (SSSR count). The molecule has 0 bridgehead atoms. The van der Waals surface area contributed by atoms with Gasteiger partial charge in [-0.3, -0.25) is 14.4 Å². The molecule has 0 aliphatic rings. The molecule has 0 aliphatic heterocycles. The highest BCUT2D eigenvalue weighted by Gasteiger charge is 2.19. The molecule has 0 spiro atoms. The van der Waals surface area contributed by atoms with E-state index in [9.17, 15) is 14.4 Å². The Morgan fingerprint density at radius 2 is 0.529 bits per heavy atom. The molecule has 68 heavy (non-hydrogen) atoms. The summed E-state index contributed by atoms with van der Waals surface area (Å²) in [6.45, 7) is 6.64. The largest absolute Gasteiger partial charge is 0.462 e. The van der Waals surface area contributed by atoms with Gasteiger partial charge in [-0.2, -0.15) is 0 Å². The number of esters is 3. The quantitative estimate of drug-likeness (QED) is 0.0262. The van der Waals surface area contributed by atoms with Gasteiger partial charge in [0.1, 0.15) is 13.2 Å². The minimum atomic E-state index is -0.773. The summed E-state index contributed by atoms with van der Waals surface area (Å²) >= 11 is 0. The van der Waals surface area contributed by atoms with Crippen LogP contribution in [0.2, 0.25) is 0 Å². The first-order valence-corrected chi connectivity index (χ1v) is 30.0. The molecule has 0 radical (unpaired) electrons. The van der Waals surface area contributed by atoms with Crippen molar-refractivity contribution in [1.82, 2.24) is 0 Å². The molecule has 0 fully saturated rings. The van der Waals surface area contributed by atoms with Crippen LogP contribution in [0.5, 0.6) is 0 Å². The predicted octanol–water partition coefficient (Wildman–Crippen LogP) is 20.0. The van der Waals surface area contributed by atoms with Gasteiger partial charge in [-0.25, -0.2) is 0 Å². The number of allylic oxidation sites excluding steroid dienone is 6. The van der Waals surface area contributed by atoms with Crippen LogP contribution in [0.3, 0.4) is 0 Å². The van der Waals surface area contributed by atoms with Crippen molar-refractivity contribution in [2.45, 2.75) is 329 Å². The van der Waals surface area contributed by atoms with Crippen LogP contribution < -0.4 is 0 Å². The fourth-order valence-corrected chi connectivity index (χ4v) is 8.82. The lowest BCUT2D eigenvalue weighted by Gasteiger charge is -2.18. The number of ether oxygens (including phenoxy) is 3. The highest BCUT2D eigenvalue weighted by Crippen LogP contribution is 2.17. The molecule has 0 saturated heterocycles. The van der Waals surface area contributed by atoms with E-state index in [1.807, 2.05) is 0 Å². The summed E-state index contributed by atoms with van der Waals surface area (Å²) in [7, 11) is 0. The number of hydrogen-bond acceptors (Lipinski definition) is 6. The van der Waals surface area contributed by atoms with E-state index in [1.165, 1.54) is 212 Å². The van der Waals surface area contributed by atoms with Gasteiger partial charge in [0.2, 0.25) is 0 Å². The predicted molar refractivity (Wildman–Crippen MR) is 293 cm³/mol. The summed E-state index contributed by atoms with van der Waals surface area (Å²) in [6, 6.07) is 0. The minimum absolute atomic E-state index is 0.0710. The minimum Gasteiger partial charge on any atom is -0.462 e. The maximum absolute atomic E-state index is 12.9. The molecule has 0 saturated carbocycles. The van der Waals surface area contributed by atoms with Gasteiger partial charge >= 0.3 is 17.9 Å². The first kappa shape index (κ1) is 65.6. The number of carbonyl (C=O) groups is 3. The van der Waals surface area contributed by atoms with Crippen LogP contribution in [0.1, 0.15) is 323 Å². The Morgan fingerprint density at radius 1 is 0.294 bits per heavy atom. The van der Waals surface area contributed by atoms with E-state index in [1.54, 1.807) is 0 Å². The van der Waals surface area contributed by atoms with Crippen LogP contribution in [0.25, 0.3) is 0 Å². The van der Waals surface area contributed by atoms with Gasteiger partial charge in [0.05, 0.1) is 0 Å². The van der Waals surface area contributed by atoms with Gasteiger partial charge in [0.15, 0.2) is 6.10 Å². The van der Waals surface area contributed by atoms with Crippen molar-refractivity contribution in [3.8, 4) is 0 Å². The Morgan fingerprint density at radius 3 is 0.853 bits per heavy atom. The number of unbranched alkanes of at least 4 members (excludes halogenated alkanes) is 38. The second-order valence-corrected chi connectivity index (χ2v) is 20.3. The Kier molecular flexibility index (Phi) is 55.2. The molecule has 0 N–H and O–H groups in total. The molecular weight excluding hydrogens is 841 g/mol. The zero-order chi connectivity index (χ0) is 49.3. The third kappa shape index (κ3) is 54.6. The van der Waals surface area contributed by atoms with Crippen LogP contribution in [0.15, 0.2) is 36.5 Å². The van der Waals surface area contributed by atoms with E-state index in [4.69, 9.17) is 14.2 Å². The van der Waals surface area contributed by atoms with E-state index in [2.05, 4.69) is 57.2 Å². The van der Waals surface area contributed by atoms with Crippen molar-refractivity contribution in [3.05, 3.63) is 36.5 Å². The first-order chi connectivity index (χ1) is 33.5. The van der Waals surface area contributed by atoms with Crippen molar-refractivity contribution >= 4 is 17.9 Å². The van der Waals surface area contributed by atoms with E-state index < -0.39 is 6.10 Å². The van der Waals surface area contributed by atoms with Crippen LogP contribution in [-0.2, 0) is 28.6 Å². The molecular formula is C62H114O6. The van der Waals surface area contributed by atoms with Gasteiger partial charge < -0.3 is 14.2 Å². The van der Waals surface area contributed by atoms with Gasteiger partial charge in [-0.15, -0.1) is 0 Å². The maximum atomic E-state index is 12.9. The Hall–Kier alpha value is -2.37. The summed E-state index contributed by atoms with van der Waals surface area (Å²) in [5.41, 5.74) is 0. The van der Waals surface area contributed by atoms with Crippen molar-refractivity contribution < 1.29 is 28.6 Å². The lowest BCUT2D eigenvalue weighted by Crippen LogP contribution is -2.30. The molecule has 398 valence electrons. The highest BCUT2D eigenvalue weighted by atomic mass is 16.6.